The first-order valence-electron chi connectivity index (χ1n) is 3.75. The molecule has 0 aliphatic rings. The van der Waals surface area contributed by atoms with Crippen molar-refractivity contribution in [3.63, 3.8) is 0 Å². The van der Waals surface area contributed by atoms with Gasteiger partial charge in [-0.3, -0.25) is 0 Å². The summed E-state index contributed by atoms with van der Waals surface area (Å²) in [4.78, 5) is 0. The first kappa shape index (κ1) is 11.1. The van der Waals surface area contributed by atoms with Crippen molar-refractivity contribution in [2.24, 2.45) is 0 Å². The molecule has 0 saturated heterocycles. The van der Waals surface area contributed by atoms with Crippen LogP contribution < -0.4 is 0 Å². The quantitative estimate of drug-likeness (QED) is 0.460. The third-order valence-electron chi connectivity index (χ3n) is 1.88. The molecule has 0 aliphatic carbocycles. The molecule has 2 aromatic rings. The molecule has 1 radical (unpaired) electrons. The molecule has 0 amide bonds. The lowest BCUT2D eigenvalue weighted by Gasteiger charge is -2.06. The van der Waals surface area contributed by atoms with E-state index in [0.717, 1.165) is 28.7 Å². The zero-order valence-corrected chi connectivity index (χ0v) is 13.1. The highest BCUT2D eigenvalue weighted by molar-refractivity contribution is 9.13. The van der Waals surface area contributed by atoms with Crippen molar-refractivity contribution in [3.05, 3.63) is 42.2 Å². The fourth-order valence-electron chi connectivity index (χ4n) is 1.26. The molecule has 14 heavy (non-hydrogen) atoms. The summed E-state index contributed by atoms with van der Waals surface area (Å²) in [5, 5.41) is 2.28. The van der Waals surface area contributed by atoms with Gasteiger partial charge in [0.2, 0.25) is 0 Å². The monoisotopic (exact) mass is 439 g/mol. The van der Waals surface area contributed by atoms with Crippen LogP contribution in [0.15, 0.2) is 36.1 Å². The number of hydrogen-bond donors (Lipinski definition) is 0. The van der Waals surface area contributed by atoms with Gasteiger partial charge in [0.15, 0.2) is 0 Å². The van der Waals surface area contributed by atoms with Gasteiger partial charge in [0.05, 0.1) is 0 Å². The molecule has 0 nitrogen and oxygen atoms in total. The molecular weight excluding hydrogens is 440 g/mol. The molecule has 0 spiro atoms. The van der Waals surface area contributed by atoms with E-state index in [0.29, 0.717) is 0 Å². The first-order valence-corrected chi connectivity index (χ1v) is 6.92. The Labute approximate surface area is 116 Å². The standard InChI is InChI=1S/C10H3Br4/c11-6-3-1-2-5-7(12)4-8(13)10(14)9(5)6/h1-3H. The molecule has 4 heteroatoms. The summed E-state index contributed by atoms with van der Waals surface area (Å²) in [7, 11) is 0. The van der Waals surface area contributed by atoms with Crippen molar-refractivity contribution in [1.29, 1.82) is 0 Å². The van der Waals surface area contributed by atoms with Gasteiger partial charge in [0.25, 0.3) is 0 Å². The van der Waals surface area contributed by atoms with Crippen LogP contribution >= 0.6 is 63.7 Å². The van der Waals surface area contributed by atoms with E-state index < -0.39 is 0 Å². The lowest BCUT2D eigenvalue weighted by Crippen LogP contribution is -1.81. The second-order valence-electron chi connectivity index (χ2n) is 2.73. The van der Waals surface area contributed by atoms with E-state index in [1.165, 1.54) is 0 Å². The van der Waals surface area contributed by atoms with Crippen LogP contribution in [0.25, 0.3) is 10.8 Å². The summed E-state index contributed by atoms with van der Waals surface area (Å²) >= 11 is 14.0. The van der Waals surface area contributed by atoms with E-state index in [1.54, 1.807) is 0 Å². The van der Waals surface area contributed by atoms with Gasteiger partial charge in [-0.1, -0.05) is 28.1 Å². The molecule has 0 fully saturated rings. The van der Waals surface area contributed by atoms with Gasteiger partial charge in [-0.25, -0.2) is 0 Å². The molecule has 0 heterocycles. The van der Waals surface area contributed by atoms with Crippen molar-refractivity contribution >= 4 is 74.5 Å². The number of rotatable bonds is 0. The maximum atomic E-state index is 3.54. The maximum Gasteiger partial charge on any atom is 0.0414 e. The van der Waals surface area contributed by atoms with E-state index in [2.05, 4.69) is 75.9 Å². The Bertz CT molecular complexity index is 505. The molecular formula is C10H3Br4. The summed E-state index contributed by atoms with van der Waals surface area (Å²) in [5.74, 6) is 0. The summed E-state index contributed by atoms with van der Waals surface area (Å²) in [6, 6.07) is 9.25. The highest BCUT2D eigenvalue weighted by atomic mass is 79.9. The summed E-state index contributed by atoms with van der Waals surface area (Å²) in [5.41, 5.74) is 0. The molecule has 0 aromatic heterocycles. The van der Waals surface area contributed by atoms with Crippen LogP contribution in [0.4, 0.5) is 0 Å². The summed E-state index contributed by atoms with van der Waals surface area (Å²) < 4.78 is 3.97. The highest BCUT2D eigenvalue weighted by Gasteiger charge is 2.09. The zero-order valence-electron chi connectivity index (χ0n) is 6.74. The van der Waals surface area contributed by atoms with Crippen LogP contribution in [-0.4, -0.2) is 0 Å². The topological polar surface area (TPSA) is 0 Å². The van der Waals surface area contributed by atoms with Gasteiger partial charge in [-0.2, -0.15) is 0 Å². The van der Waals surface area contributed by atoms with E-state index in [1.807, 2.05) is 12.1 Å². The predicted molar refractivity (Wildman–Crippen MR) is 73.6 cm³/mol. The van der Waals surface area contributed by atoms with Gasteiger partial charge in [0.1, 0.15) is 0 Å². The third-order valence-corrected chi connectivity index (χ3v) is 5.09. The van der Waals surface area contributed by atoms with Crippen molar-refractivity contribution in [1.82, 2.24) is 0 Å². The summed E-state index contributed by atoms with van der Waals surface area (Å²) in [6.45, 7) is 0. The molecule has 0 bridgehead atoms. The largest absolute Gasteiger partial charge is 0.0605 e. The minimum atomic E-state index is 0.920. The number of fused-ring (bicyclic) bond motifs is 1. The first-order chi connectivity index (χ1) is 6.61. The van der Waals surface area contributed by atoms with E-state index in [4.69, 9.17) is 0 Å². The molecule has 0 unspecified atom stereocenters. The van der Waals surface area contributed by atoms with E-state index in [-0.39, 0.29) is 0 Å². The normalized spacial score (nSPS) is 10.9. The molecule has 0 aliphatic heterocycles. The molecule has 0 atom stereocenters. The fraction of sp³-hybridized carbons (Fsp3) is 0. The third kappa shape index (κ3) is 1.82. The zero-order chi connectivity index (χ0) is 10.3. The van der Waals surface area contributed by atoms with Crippen LogP contribution in [0.3, 0.4) is 0 Å². The Hall–Kier alpha value is 0.620. The minimum absolute atomic E-state index is 0.920. The Kier molecular flexibility index (Phi) is 3.37. The lowest BCUT2D eigenvalue weighted by molar-refractivity contribution is 1.58. The Morgan fingerprint density at radius 2 is 1.64 bits per heavy atom. The van der Waals surface area contributed by atoms with E-state index in [9.17, 15) is 0 Å². The second-order valence-corrected chi connectivity index (χ2v) is 5.96. The lowest BCUT2D eigenvalue weighted by atomic mass is 10.1. The Morgan fingerprint density at radius 3 is 2.36 bits per heavy atom. The molecule has 2 rings (SSSR count). The number of hydrogen-bond acceptors (Lipinski definition) is 0. The van der Waals surface area contributed by atoms with Crippen LogP contribution in [0.5, 0.6) is 0 Å². The van der Waals surface area contributed by atoms with Gasteiger partial charge >= 0.3 is 0 Å². The van der Waals surface area contributed by atoms with Crippen LogP contribution in [-0.2, 0) is 0 Å². The predicted octanol–water partition coefficient (Wildman–Crippen LogP) is 5.69. The SMILES string of the molecule is Brc1[c]c(Br)c2cccc(Br)c2c1Br. The average molecular weight is 443 g/mol. The fourth-order valence-corrected chi connectivity index (χ4v) is 3.81. The van der Waals surface area contributed by atoms with Crippen molar-refractivity contribution in [2.75, 3.05) is 0 Å². The summed E-state index contributed by atoms with van der Waals surface area (Å²) in [6.07, 6.45) is 0. The van der Waals surface area contributed by atoms with Crippen LogP contribution in [0.2, 0.25) is 0 Å². The van der Waals surface area contributed by atoms with E-state index >= 15 is 0 Å². The molecule has 0 N–H and O–H groups in total. The maximum absolute atomic E-state index is 3.54. The molecule has 71 valence electrons. The Balaban J connectivity index is 3.03. The van der Waals surface area contributed by atoms with Crippen LogP contribution in [0, 0.1) is 6.07 Å². The van der Waals surface area contributed by atoms with Gasteiger partial charge in [-0.05, 0) is 59.2 Å². The van der Waals surface area contributed by atoms with Gasteiger partial charge in [-0.15, -0.1) is 0 Å². The van der Waals surface area contributed by atoms with Gasteiger partial charge < -0.3 is 0 Å². The van der Waals surface area contributed by atoms with Crippen molar-refractivity contribution < 1.29 is 0 Å². The minimum Gasteiger partial charge on any atom is -0.0605 e. The van der Waals surface area contributed by atoms with Crippen LogP contribution in [0.1, 0.15) is 0 Å². The average Bonchev–Trinajstić information content (AvgIpc) is 2.14. The van der Waals surface area contributed by atoms with Gasteiger partial charge in [0, 0.05) is 29.3 Å². The number of halogens is 4. The number of benzene rings is 2. The molecule has 2 aromatic carbocycles. The van der Waals surface area contributed by atoms with Crippen molar-refractivity contribution in [2.45, 2.75) is 0 Å². The second kappa shape index (κ2) is 4.24. The smallest absolute Gasteiger partial charge is 0.0414 e. The molecule has 0 saturated carbocycles. The highest BCUT2D eigenvalue weighted by Crippen LogP contribution is 2.39. The van der Waals surface area contributed by atoms with Crippen molar-refractivity contribution in [3.8, 4) is 0 Å². The Morgan fingerprint density at radius 1 is 0.929 bits per heavy atom.